The normalized spacial score (nSPS) is 26.2. The van der Waals surface area contributed by atoms with Gasteiger partial charge in [-0.05, 0) is 44.4 Å². The molecule has 0 saturated heterocycles. The molecule has 1 saturated carbocycles. The van der Waals surface area contributed by atoms with Crippen LogP contribution >= 0.6 is 12.4 Å². The van der Waals surface area contributed by atoms with Crippen molar-refractivity contribution in [3.63, 3.8) is 0 Å². The van der Waals surface area contributed by atoms with Crippen molar-refractivity contribution in [2.24, 2.45) is 11.7 Å². The highest BCUT2D eigenvalue weighted by Crippen LogP contribution is 2.32. The third kappa shape index (κ3) is 3.95. The molecular formula is C16H22ClN3O3. The molecule has 1 aliphatic carbocycles. The lowest BCUT2D eigenvalue weighted by Gasteiger charge is -2.26. The Bertz CT molecular complexity index is 608. The van der Waals surface area contributed by atoms with Gasteiger partial charge in [0.25, 0.3) is 5.91 Å². The van der Waals surface area contributed by atoms with Gasteiger partial charge in [-0.1, -0.05) is 6.42 Å². The van der Waals surface area contributed by atoms with Crippen molar-refractivity contribution in [1.29, 1.82) is 0 Å². The number of carbonyl (C=O) groups is 2. The van der Waals surface area contributed by atoms with Crippen LogP contribution in [0.2, 0.25) is 0 Å². The molecule has 3 atom stereocenters. The van der Waals surface area contributed by atoms with Crippen molar-refractivity contribution in [2.75, 3.05) is 10.6 Å². The van der Waals surface area contributed by atoms with Gasteiger partial charge >= 0.3 is 0 Å². The number of rotatable bonds is 2. The van der Waals surface area contributed by atoms with Crippen molar-refractivity contribution in [3.8, 4) is 5.75 Å². The topological polar surface area (TPSA) is 93.4 Å². The maximum atomic E-state index is 12.3. The van der Waals surface area contributed by atoms with Crippen molar-refractivity contribution in [2.45, 2.75) is 44.8 Å². The van der Waals surface area contributed by atoms with Crippen LogP contribution in [0, 0.1) is 5.92 Å². The summed E-state index contributed by atoms with van der Waals surface area (Å²) in [5.74, 6) is 0.385. The molecule has 7 heteroatoms. The minimum Gasteiger partial charge on any atom is -0.479 e. The first-order valence-corrected chi connectivity index (χ1v) is 7.71. The van der Waals surface area contributed by atoms with E-state index in [1.165, 1.54) is 0 Å². The van der Waals surface area contributed by atoms with E-state index in [4.69, 9.17) is 10.5 Å². The molecule has 2 amide bonds. The fourth-order valence-corrected chi connectivity index (χ4v) is 3.00. The van der Waals surface area contributed by atoms with Gasteiger partial charge in [-0.15, -0.1) is 12.4 Å². The van der Waals surface area contributed by atoms with Crippen LogP contribution in [0.3, 0.4) is 0 Å². The van der Waals surface area contributed by atoms with Gasteiger partial charge in [0.1, 0.15) is 5.75 Å². The molecule has 4 N–H and O–H groups in total. The van der Waals surface area contributed by atoms with Gasteiger partial charge in [-0.3, -0.25) is 9.59 Å². The zero-order chi connectivity index (χ0) is 15.7. The number of carbonyl (C=O) groups excluding carboxylic acids is 2. The second kappa shape index (κ2) is 7.19. The van der Waals surface area contributed by atoms with Gasteiger partial charge in [0.2, 0.25) is 5.91 Å². The minimum atomic E-state index is -0.503. The van der Waals surface area contributed by atoms with Gasteiger partial charge in [0.15, 0.2) is 6.10 Å². The zero-order valence-electron chi connectivity index (χ0n) is 13.0. The SMILES string of the molecule is CC1Oc2ccc(NC(=O)C3CCCC(N)C3)cc2NC1=O.Cl. The van der Waals surface area contributed by atoms with Crippen LogP contribution in [0.1, 0.15) is 32.6 Å². The lowest BCUT2D eigenvalue weighted by molar-refractivity contribution is -0.122. The summed E-state index contributed by atoms with van der Waals surface area (Å²) in [5, 5.41) is 5.68. The Hall–Kier alpha value is -1.79. The van der Waals surface area contributed by atoms with Gasteiger partial charge in [-0.2, -0.15) is 0 Å². The van der Waals surface area contributed by atoms with E-state index in [9.17, 15) is 9.59 Å². The third-order valence-corrected chi connectivity index (χ3v) is 4.26. The molecule has 1 aliphatic heterocycles. The van der Waals surface area contributed by atoms with Crippen LogP contribution in [0.4, 0.5) is 11.4 Å². The summed E-state index contributed by atoms with van der Waals surface area (Å²) < 4.78 is 5.49. The number of benzene rings is 1. The van der Waals surface area contributed by atoms with E-state index in [1.54, 1.807) is 25.1 Å². The van der Waals surface area contributed by atoms with E-state index in [1.807, 2.05) is 0 Å². The summed E-state index contributed by atoms with van der Waals surface area (Å²) in [4.78, 5) is 23.9. The van der Waals surface area contributed by atoms with Crippen LogP contribution in [-0.4, -0.2) is 24.0 Å². The standard InChI is InChI=1S/C16H21N3O3.ClH/c1-9-15(20)19-13-8-12(5-6-14(13)22-9)18-16(21)10-3-2-4-11(17)7-10;/h5-6,8-11H,2-4,7,17H2,1H3,(H,18,21)(H,19,20);1H. The molecule has 1 aromatic carbocycles. The lowest BCUT2D eigenvalue weighted by Crippen LogP contribution is -2.35. The van der Waals surface area contributed by atoms with Crippen LogP contribution in [0.25, 0.3) is 0 Å². The van der Waals surface area contributed by atoms with E-state index in [0.29, 0.717) is 17.1 Å². The Morgan fingerprint density at radius 2 is 2.17 bits per heavy atom. The van der Waals surface area contributed by atoms with Gasteiger partial charge in [0, 0.05) is 17.6 Å². The van der Waals surface area contributed by atoms with E-state index in [2.05, 4.69) is 10.6 Å². The number of fused-ring (bicyclic) bond motifs is 1. The van der Waals surface area contributed by atoms with Crippen LogP contribution in [0.15, 0.2) is 18.2 Å². The first kappa shape index (κ1) is 17.6. The molecule has 1 aromatic rings. The Balaban J connectivity index is 0.00000192. The number of hydrogen-bond donors (Lipinski definition) is 3. The summed E-state index contributed by atoms with van der Waals surface area (Å²) in [7, 11) is 0. The summed E-state index contributed by atoms with van der Waals surface area (Å²) in [5.41, 5.74) is 7.17. The molecule has 6 nitrogen and oxygen atoms in total. The lowest BCUT2D eigenvalue weighted by atomic mass is 9.85. The molecule has 23 heavy (non-hydrogen) atoms. The Labute approximate surface area is 141 Å². The second-order valence-corrected chi connectivity index (χ2v) is 6.07. The predicted octanol–water partition coefficient (Wildman–Crippen LogP) is 2.28. The zero-order valence-corrected chi connectivity index (χ0v) is 13.8. The molecule has 1 fully saturated rings. The fourth-order valence-electron chi connectivity index (χ4n) is 3.00. The quantitative estimate of drug-likeness (QED) is 0.770. The molecular weight excluding hydrogens is 318 g/mol. The van der Waals surface area contributed by atoms with Crippen molar-refractivity contribution < 1.29 is 14.3 Å². The summed E-state index contributed by atoms with van der Waals surface area (Å²) in [6, 6.07) is 5.37. The molecule has 1 heterocycles. The van der Waals surface area contributed by atoms with Crippen LogP contribution < -0.4 is 21.1 Å². The monoisotopic (exact) mass is 339 g/mol. The maximum absolute atomic E-state index is 12.3. The average Bonchev–Trinajstić information content (AvgIpc) is 2.49. The van der Waals surface area contributed by atoms with Gasteiger partial charge < -0.3 is 21.1 Å². The number of amides is 2. The fraction of sp³-hybridized carbons (Fsp3) is 0.500. The van der Waals surface area contributed by atoms with Crippen LogP contribution in [0.5, 0.6) is 5.75 Å². The number of hydrogen-bond acceptors (Lipinski definition) is 4. The number of ether oxygens (including phenoxy) is 1. The molecule has 126 valence electrons. The first-order valence-electron chi connectivity index (χ1n) is 7.71. The Morgan fingerprint density at radius 3 is 2.91 bits per heavy atom. The van der Waals surface area contributed by atoms with Crippen molar-refractivity contribution in [3.05, 3.63) is 18.2 Å². The number of nitrogens with two attached hydrogens (primary N) is 1. The maximum Gasteiger partial charge on any atom is 0.265 e. The summed E-state index contributed by atoms with van der Waals surface area (Å²) in [6.07, 6.45) is 3.09. The smallest absolute Gasteiger partial charge is 0.265 e. The highest BCUT2D eigenvalue weighted by molar-refractivity contribution is 5.99. The average molecular weight is 340 g/mol. The number of halogens is 1. The Kier molecular flexibility index (Phi) is 5.49. The highest BCUT2D eigenvalue weighted by Gasteiger charge is 2.26. The molecule has 0 bridgehead atoms. The van der Waals surface area contributed by atoms with Crippen molar-refractivity contribution >= 4 is 35.6 Å². The summed E-state index contributed by atoms with van der Waals surface area (Å²) >= 11 is 0. The first-order chi connectivity index (χ1) is 10.5. The van der Waals surface area contributed by atoms with Gasteiger partial charge in [-0.25, -0.2) is 0 Å². The Morgan fingerprint density at radius 1 is 1.39 bits per heavy atom. The molecule has 3 unspecified atom stereocenters. The van der Waals surface area contributed by atoms with E-state index in [-0.39, 0.29) is 36.2 Å². The molecule has 3 rings (SSSR count). The second-order valence-electron chi connectivity index (χ2n) is 6.07. The number of nitrogens with one attached hydrogen (secondary N) is 2. The largest absolute Gasteiger partial charge is 0.479 e. The van der Waals surface area contributed by atoms with E-state index >= 15 is 0 Å². The van der Waals surface area contributed by atoms with Gasteiger partial charge in [0.05, 0.1) is 5.69 Å². The highest BCUT2D eigenvalue weighted by atomic mass is 35.5. The van der Waals surface area contributed by atoms with E-state index in [0.717, 1.165) is 25.7 Å². The van der Waals surface area contributed by atoms with Crippen molar-refractivity contribution in [1.82, 2.24) is 0 Å². The third-order valence-electron chi connectivity index (χ3n) is 4.26. The summed E-state index contributed by atoms with van der Waals surface area (Å²) in [6.45, 7) is 1.69. The molecule has 0 spiro atoms. The molecule has 0 aromatic heterocycles. The number of anilines is 2. The van der Waals surface area contributed by atoms with E-state index < -0.39 is 6.10 Å². The van der Waals surface area contributed by atoms with Crippen LogP contribution in [-0.2, 0) is 9.59 Å². The molecule has 2 aliphatic rings. The molecule has 0 radical (unpaired) electrons. The minimum absolute atomic E-state index is 0. The predicted molar refractivity (Wildman–Crippen MR) is 91.0 cm³/mol.